The van der Waals surface area contributed by atoms with Gasteiger partial charge in [0, 0.05) is 51.5 Å². The number of likely N-dealkylation sites (tertiary alicyclic amines) is 1. The van der Waals surface area contributed by atoms with E-state index in [-0.39, 0.29) is 18.1 Å². The molecule has 8 nitrogen and oxygen atoms in total. The number of hydrogen-bond acceptors (Lipinski definition) is 5. The van der Waals surface area contributed by atoms with E-state index in [2.05, 4.69) is 21.1 Å². The molecule has 30 heavy (non-hydrogen) atoms. The molecule has 2 saturated heterocycles. The maximum Gasteiger partial charge on any atom is 0.490 e. The molecule has 1 aromatic rings. The molecule has 0 atom stereocenters. The van der Waals surface area contributed by atoms with Crippen molar-refractivity contribution >= 4 is 11.9 Å². The Kier molecular flexibility index (Phi) is 6.71. The third-order valence-corrected chi connectivity index (χ3v) is 5.68. The number of aryl methyl sites for hydroxylation is 1. The third kappa shape index (κ3) is 6.18. The molecule has 1 saturated carbocycles. The van der Waals surface area contributed by atoms with E-state index in [9.17, 15) is 18.0 Å². The molecular formula is C19H27F3N4O4. The molecule has 1 aliphatic carbocycles. The summed E-state index contributed by atoms with van der Waals surface area (Å²) in [6.45, 7) is 5.02. The molecule has 0 radical (unpaired) electrons. The summed E-state index contributed by atoms with van der Waals surface area (Å²) >= 11 is 0. The van der Waals surface area contributed by atoms with Crippen LogP contribution >= 0.6 is 0 Å². The minimum atomic E-state index is -5.08. The minimum Gasteiger partial charge on any atom is -0.475 e. The van der Waals surface area contributed by atoms with E-state index in [1.807, 2.05) is 17.9 Å². The number of aromatic nitrogens is 2. The Bertz CT molecular complexity index is 755. The summed E-state index contributed by atoms with van der Waals surface area (Å²) in [5.41, 5.74) is 1.16. The largest absolute Gasteiger partial charge is 0.490 e. The fourth-order valence-electron chi connectivity index (χ4n) is 3.80. The second-order valence-electron chi connectivity index (χ2n) is 8.29. The predicted molar refractivity (Wildman–Crippen MR) is 99.4 cm³/mol. The molecule has 1 N–H and O–H groups in total. The van der Waals surface area contributed by atoms with Crippen LogP contribution in [0.1, 0.15) is 31.2 Å². The van der Waals surface area contributed by atoms with Gasteiger partial charge in [-0.2, -0.15) is 18.3 Å². The number of ether oxygens (including phenoxy) is 1. The zero-order valence-electron chi connectivity index (χ0n) is 16.9. The summed E-state index contributed by atoms with van der Waals surface area (Å²) in [6, 6.07) is 0. The molecule has 0 unspecified atom stereocenters. The number of alkyl halides is 3. The van der Waals surface area contributed by atoms with Crippen molar-refractivity contribution in [1.82, 2.24) is 19.6 Å². The van der Waals surface area contributed by atoms with Crippen LogP contribution in [0.4, 0.5) is 13.2 Å². The molecule has 1 spiro atoms. The molecular weight excluding hydrogens is 405 g/mol. The normalized spacial score (nSPS) is 22.0. The monoisotopic (exact) mass is 432 g/mol. The van der Waals surface area contributed by atoms with Gasteiger partial charge in [0.15, 0.2) is 0 Å². The Morgan fingerprint density at radius 1 is 1.33 bits per heavy atom. The average Bonchev–Trinajstić information content (AvgIpc) is 3.40. The first-order valence-corrected chi connectivity index (χ1v) is 9.98. The zero-order chi connectivity index (χ0) is 21.9. The van der Waals surface area contributed by atoms with Crippen LogP contribution in [0.25, 0.3) is 0 Å². The molecule has 11 heteroatoms. The van der Waals surface area contributed by atoms with Crippen molar-refractivity contribution in [2.45, 2.75) is 44.0 Å². The first-order valence-electron chi connectivity index (χ1n) is 9.98. The molecule has 1 amide bonds. The van der Waals surface area contributed by atoms with Gasteiger partial charge in [-0.05, 0) is 31.6 Å². The smallest absolute Gasteiger partial charge is 0.475 e. The Morgan fingerprint density at radius 3 is 2.47 bits per heavy atom. The number of amides is 1. The number of carboxylic acid groups (broad SMARTS) is 1. The number of nitrogens with zero attached hydrogens (tertiary/aromatic N) is 4. The highest BCUT2D eigenvalue weighted by molar-refractivity contribution is 5.78. The van der Waals surface area contributed by atoms with Crippen LogP contribution in [0, 0.1) is 5.92 Å². The summed E-state index contributed by atoms with van der Waals surface area (Å²) in [6.07, 6.45) is 3.55. The number of carboxylic acids is 1. The molecule has 1 aromatic heterocycles. The van der Waals surface area contributed by atoms with Gasteiger partial charge < -0.3 is 14.7 Å². The van der Waals surface area contributed by atoms with Crippen molar-refractivity contribution in [3.05, 3.63) is 18.0 Å². The fourth-order valence-corrected chi connectivity index (χ4v) is 3.80. The quantitative estimate of drug-likeness (QED) is 0.779. The Hall–Kier alpha value is -2.14. The average molecular weight is 432 g/mol. The molecule has 168 valence electrons. The van der Waals surface area contributed by atoms with E-state index in [1.165, 1.54) is 18.4 Å². The van der Waals surface area contributed by atoms with Gasteiger partial charge in [0.25, 0.3) is 0 Å². The van der Waals surface area contributed by atoms with Crippen LogP contribution in [0.5, 0.6) is 0 Å². The molecule has 3 heterocycles. The van der Waals surface area contributed by atoms with Crippen LogP contribution in [-0.2, 0) is 27.9 Å². The summed E-state index contributed by atoms with van der Waals surface area (Å²) < 4.78 is 39.6. The van der Waals surface area contributed by atoms with Crippen molar-refractivity contribution in [3.63, 3.8) is 0 Å². The van der Waals surface area contributed by atoms with E-state index in [0.717, 1.165) is 51.5 Å². The fraction of sp³-hybridized carbons (Fsp3) is 0.737. The molecule has 0 aromatic carbocycles. The lowest BCUT2D eigenvalue weighted by atomic mass is 9.89. The van der Waals surface area contributed by atoms with Gasteiger partial charge in [-0.3, -0.25) is 14.4 Å². The minimum absolute atomic E-state index is 0.103. The second-order valence-corrected chi connectivity index (χ2v) is 8.29. The van der Waals surface area contributed by atoms with Gasteiger partial charge in [-0.25, -0.2) is 4.79 Å². The second kappa shape index (κ2) is 8.93. The lowest BCUT2D eigenvalue weighted by Crippen LogP contribution is -2.58. The van der Waals surface area contributed by atoms with Crippen molar-refractivity contribution in [3.8, 4) is 0 Å². The van der Waals surface area contributed by atoms with Gasteiger partial charge >= 0.3 is 12.1 Å². The van der Waals surface area contributed by atoms with E-state index < -0.39 is 12.1 Å². The van der Waals surface area contributed by atoms with Crippen LogP contribution in [0.2, 0.25) is 0 Å². The molecule has 0 bridgehead atoms. The van der Waals surface area contributed by atoms with Crippen molar-refractivity contribution in [2.24, 2.45) is 13.0 Å². The summed E-state index contributed by atoms with van der Waals surface area (Å²) in [5.74, 6) is -1.83. The Morgan fingerprint density at radius 2 is 1.97 bits per heavy atom. The first kappa shape index (κ1) is 22.5. The molecule has 3 fully saturated rings. The van der Waals surface area contributed by atoms with E-state index in [1.54, 1.807) is 0 Å². The van der Waals surface area contributed by atoms with Crippen LogP contribution in [-0.4, -0.2) is 81.1 Å². The van der Waals surface area contributed by atoms with Crippen molar-refractivity contribution < 1.29 is 32.6 Å². The lowest BCUT2D eigenvalue weighted by molar-refractivity contribution is -0.192. The van der Waals surface area contributed by atoms with Gasteiger partial charge in [-0.1, -0.05) is 0 Å². The Balaban J connectivity index is 0.000000318. The molecule has 3 aliphatic rings. The Labute approximate surface area is 172 Å². The van der Waals surface area contributed by atoms with Crippen molar-refractivity contribution in [1.29, 1.82) is 0 Å². The highest BCUT2D eigenvalue weighted by Gasteiger charge is 2.43. The van der Waals surface area contributed by atoms with Gasteiger partial charge in [0.2, 0.25) is 5.91 Å². The highest BCUT2D eigenvalue weighted by atomic mass is 19.4. The summed E-state index contributed by atoms with van der Waals surface area (Å²) in [7, 11) is 1.95. The number of piperidine rings is 1. The topological polar surface area (TPSA) is 87.9 Å². The van der Waals surface area contributed by atoms with Gasteiger partial charge in [0.1, 0.15) is 6.61 Å². The number of morpholine rings is 1. The standard InChI is InChI=1S/C17H26N4O2.C2HF3O2/c1-19-9-15(8-18-19)10-20-6-4-17(5-7-20)13-21(11-14-2-3-14)16(22)12-23-17;3-2(4,5)1(6)7/h8-9,14H,2-7,10-13H2,1H3;(H,6,7). The maximum absolute atomic E-state index is 12.1. The summed E-state index contributed by atoms with van der Waals surface area (Å²) in [4.78, 5) is 25.5. The van der Waals surface area contributed by atoms with Gasteiger partial charge in [0.05, 0.1) is 11.8 Å². The molecule has 2 aliphatic heterocycles. The SMILES string of the molecule is Cn1cc(CN2CCC3(CC2)CN(CC2CC2)C(=O)CO3)cn1.O=C(O)C(F)(F)F. The van der Waals surface area contributed by atoms with Crippen molar-refractivity contribution in [2.75, 3.05) is 32.8 Å². The van der Waals surface area contributed by atoms with Gasteiger partial charge in [-0.15, -0.1) is 0 Å². The summed E-state index contributed by atoms with van der Waals surface area (Å²) in [5, 5.41) is 11.4. The maximum atomic E-state index is 12.1. The number of rotatable bonds is 4. The zero-order valence-corrected chi connectivity index (χ0v) is 16.9. The predicted octanol–water partition coefficient (Wildman–Crippen LogP) is 1.66. The number of aliphatic carboxylic acids is 1. The highest BCUT2D eigenvalue weighted by Crippen LogP contribution is 2.35. The lowest BCUT2D eigenvalue weighted by Gasteiger charge is -2.47. The number of carbonyl (C=O) groups excluding carboxylic acids is 1. The first-order chi connectivity index (χ1) is 14.1. The number of hydrogen-bond donors (Lipinski definition) is 1. The van der Waals surface area contributed by atoms with E-state index >= 15 is 0 Å². The van der Waals surface area contributed by atoms with Crippen LogP contribution in [0.3, 0.4) is 0 Å². The van der Waals surface area contributed by atoms with E-state index in [0.29, 0.717) is 0 Å². The van der Waals surface area contributed by atoms with Crippen LogP contribution in [0.15, 0.2) is 12.4 Å². The third-order valence-electron chi connectivity index (χ3n) is 5.68. The van der Waals surface area contributed by atoms with E-state index in [4.69, 9.17) is 14.6 Å². The number of halogens is 3. The molecule has 4 rings (SSSR count). The van der Waals surface area contributed by atoms with Crippen LogP contribution < -0.4 is 0 Å². The number of carbonyl (C=O) groups is 2.